The predicted octanol–water partition coefficient (Wildman–Crippen LogP) is 1.77. The lowest BCUT2D eigenvalue weighted by atomic mass is 10.0. The Morgan fingerprint density at radius 3 is 2.33 bits per heavy atom. The topological polar surface area (TPSA) is 117 Å². The highest BCUT2D eigenvalue weighted by molar-refractivity contribution is 7.87. The molecule has 0 radical (unpaired) electrons. The molecular weight excluding hydrogens is 370 g/mol. The van der Waals surface area contributed by atoms with Crippen molar-refractivity contribution >= 4 is 16.2 Å². The van der Waals surface area contributed by atoms with Crippen LogP contribution in [-0.2, 0) is 10.1 Å². The van der Waals surface area contributed by atoms with Crippen molar-refractivity contribution in [3.8, 4) is 5.75 Å². The monoisotopic (exact) mass is 389 g/mol. The van der Waals surface area contributed by atoms with Gasteiger partial charge in [0.2, 0.25) is 5.79 Å². The van der Waals surface area contributed by atoms with Gasteiger partial charge in [0.1, 0.15) is 10.6 Å². The van der Waals surface area contributed by atoms with Crippen LogP contribution in [0.2, 0.25) is 0 Å². The molecule has 27 heavy (non-hydrogen) atoms. The molecule has 1 amide bonds. The van der Waals surface area contributed by atoms with Gasteiger partial charge in [-0.15, -0.1) is 0 Å². The first kappa shape index (κ1) is 18.8. The zero-order valence-corrected chi connectivity index (χ0v) is 15.8. The van der Waals surface area contributed by atoms with Crippen molar-refractivity contribution in [1.29, 1.82) is 0 Å². The van der Waals surface area contributed by atoms with E-state index >= 15 is 0 Å². The Kier molecular flexibility index (Phi) is 4.64. The first-order valence-corrected chi connectivity index (χ1v) is 9.64. The molecule has 0 saturated carbocycles. The average molecular weight is 389 g/mol. The molecule has 0 saturated heterocycles. The number of nitrogens with one attached hydrogen (secondary N) is 1. The fourth-order valence-electron chi connectivity index (χ4n) is 2.69. The lowest BCUT2D eigenvalue weighted by Crippen LogP contribution is -2.41. The van der Waals surface area contributed by atoms with Crippen LogP contribution in [0.1, 0.15) is 32.3 Å². The van der Waals surface area contributed by atoms with Crippen molar-refractivity contribution in [3.63, 3.8) is 0 Å². The van der Waals surface area contributed by atoms with Crippen LogP contribution in [-0.4, -0.2) is 25.4 Å². The highest BCUT2D eigenvalue weighted by atomic mass is 32.2. The lowest BCUT2D eigenvalue weighted by molar-refractivity contribution is 0.182. The van der Waals surface area contributed by atoms with Crippen LogP contribution in [0.3, 0.4) is 0 Å². The molecule has 0 aliphatic carbocycles. The number of carboxylic acid groups (broad SMARTS) is 1. The molecule has 142 valence electrons. The van der Waals surface area contributed by atoms with E-state index in [0.717, 1.165) is 5.56 Å². The molecule has 2 aromatic rings. The van der Waals surface area contributed by atoms with E-state index in [4.69, 9.17) is 9.29 Å². The van der Waals surface area contributed by atoms with Crippen molar-refractivity contribution in [2.45, 2.75) is 37.4 Å². The van der Waals surface area contributed by atoms with E-state index in [-0.39, 0.29) is 10.6 Å². The van der Waals surface area contributed by atoms with Gasteiger partial charge in [0.25, 0.3) is 0 Å². The second-order valence-electron chi connectivity index (χ2n) is 6.59. The van der Waals surface area contributed by atoms with Gasteiger partial charge in [0.15, 0.2) is 0 Å². The minimum atomic E-state index is -4.00. The van der Waals surface area contributed by atoms with E-state index in [1.807, 2.05) is 13.8 Å². The minimum Gasteiger partial charge on any atom is -0.465 e. The summed E-state index contributed by atoms with van der Waals surface area (Å²) in [6.45, 7) is 5.53. The Bertz CT molecular complexity index is 1110. The summed E-state index contributed by atoms with van der Waals surface area (Å²) in [6, 6.07) is 10.9. The Hall–Kier alpha value is -2.94. The summed E-state index contributed by atoms with van der Waals surface area (Å²) in [4.78, 5) is 19.3. The quantitative estimate of drug-likeness (QED) is 0.756. The zero-order chi connectivity index (χ0) is 19.8. The van der Waals surface area contributed by atoms with Gasteiger partial charge in [-0.25, -0.2) is 14.8 Å². The number of hydrogen-bond donors (Lipinski definition) is 2. The number of fused-ring (bicyclic) bond motifs is 1. The third-order valence-corrected chi connectivity index (χ3v) is 5.27. The van der Waals surface area contributed by atoms with E-state index in [0.29, 0.717) is 16.6 Å². The van der Waals surface area contributed by atoms with Crippen LogP contribution < -0.4 is 20.2 Å². The molecule has 9 heteroatoms. The van der Waals surface area contributed by atoms with Crippen molar-refractivity contribution in [2.75, 3.05) is 0 Å². The van der Waals surface area contributed by atoms with Gasteiger partial charge >= 0.3 is 16.2 Å². The lowest BCUT2D eigenvalue weighted by Gasteiger charge is -2.16. The molecule has 1 aliphatic rings. The molecule has 0 fully saturated rings. The van der Waals surface area contributed by atoms with Crippen LogP contribution in [0.15, 0.2) is 57.3 Å². The molecule has 8 nitrogen and oxygen atoms in total. The Balaban J connectivity index is 1.88. The molecule has 1 aliphatic heterocycles. The summed E-state index contributed by atoms with van der Waals surface area (Å²) in [5.41, 5.74) is 1.03. The van der Waals surface area contributed by atoms with Gasteiger partial charge in [0.05, 0.1) is 10.7 Å². The highest BCUT2D eigenvalue weighted by Gasteiger charge is 2.27. The normalized spacial score (nSPS) is 18.4. The predicted molar refractivity (Wildman–Crippen MR) is 96.7 cm³/mol. The second-order valence-corrected chi connectivity index (χ2v) is 8.13. The number of amides is 1. The molecule has 3 rings (SSSR count). The molecule has 2 aromatic carbocycles. The SMILES string of the molecule is CC(C)c1ccc(S(=O)(=O)Oc2ccc3c(c2)=NC(C)(NC(=O)O)N=3)cc1. The van der Waals surface area contributed by atoms with Crippen LogP contribution >= 0.6 is 0 Å². The number of nitrogens with zero attached hydrogens (tertiary/aromatic N) is 2. The summed E-state index contributed by atoms with van der Waals surface area (Å²) in [7, 11) is -4.00. The molecular formula is C18H19N3O5S. The highest BCUT2D eigenvalue weighted by Crippen LogP contribution is 2.20. The Labute approximate surface area is 156 Å². The fourth-order valence-corrected chi connectivity index (χ4v) is 3.61. The number of rotatable bonds is 5. The van der Waals surface area contributed by atoms with Crippen LogP contribution in [0.5, 0.6) is 5.75 Å². The summed E-state index contributed by atoms with van der Waals surface area (Å²) >= 11 is 0. The standard InChI is InChI=1S/C18H19N3O5S/c1-11(2)12-4-7-14(8-5-12)27(24,25)26-13-6-9-15-16(10-13)20-18(3,19-15)21-17(22)23/h4-11,21H,1-3H3,(H,22,23). The fraction of sp³-hybridized carbons (Fsp3) is 0.278. The molecule has 0 spiro atoms. The van der Waals surface area contributed by atoms with E-state index in [1.165, 1.54) is 37.3 Å². The van der Waals surface area contributed by atoms with Crippen molar-refractivity contribution in [3.05, 3.63) is 58.7 Å². The molecule has 0 bridgehead atoms. The maximum Gasteiger partial charge on any atom is 0.408 e. The maximum atomic E-state index is 12.5. The van der Waals surface area contributed by atoms with Crippen LogP contribution in [0.4, 0.5) is 4.79 Å². The third kappa shape index (κ3) is 4.08. The first-order chi connectivity index (χ1) is 12.6. The van der Waals surface area contributed by atoms with Crippen molar-refractivity contribution in [2.24, 2.45) is 9.98 Å². The van der Waals surface area contributed by atoms with Gasteiger partial charge in [-0.05, 0) is 35.7 Å². The molecule has 1 unspecified atom stereocenters. The Morgan fingerprint density at radius 2 is 1.74 bits per heavy atom. The first-order valence-electron chi connectivity index (χ1n) is 8.23. The third-order valence-electron chi connectivity index (χ3n) is 4.01. The van der Waals surface area contributed by atoms with Crippen LogP contribution in [0, 0.1) is 0 Å². The second kappa shape index (κ2) is 6.66. The number of carbonyl (C=O) groups is 1. The van der Waals surface area contributed by atoms with Gasteiger partial charge < -0.3 is 9.29 Å². The number of hydrogen-bond acceptors (Lipinski definition) is 6. The zero-order valence-electron chi connectivity index (χ0n) is 15.0. The number of benzene rings is 2. The molecule has 2 N–H and O–H groups in total. The Morgan fingerprint density at radius 1 is 1.11 bits per heavy atom. The van der Waals surface area contributed by atoms with E-state index in [2.05, 4.69) is 15.3 Å². The van der Waals surface area contributed by atoms with E-state index in [1.54, 1.807) is 12.1 Å². The van der Waals surface area contributed by atoms with Crippen molar-refractivity contribution < 1.29 is 22.5 Å². The molecule has 1 heterocycles. The van der Waals surface area contributed by atoms with Crippen LogP contribution in [0.25, 0.3) is 0 Å². The molecule has 0 aromatic heterocycles. The summed E-state index contributed by atoms with van der Waals surface area (Å²) in [5.74, 6) is -0.989. The summed E-state index contributed by atoms with van der Waals surface area (Å²) in [6.07, 6.45) is -1.26. The van der Waals surface area contributed by atoms with E-state index in [9.17, 15) is 13.2 Å². The van der Waals surface area contributed by atoms with Gasteiger partial charge in [0, 0.05) is 13.0 Å². The van der Waals surface area contributed by atoms with Gasteiger partial charge in [-0.1, -0.05) is 26.0 Å². The minimum absolute atomic E-state index is 0.0476. The maximum absolute atomic E-state index is 12.5. The van der Waals surface area contributed by atoms with E-state index < -0.39 is 22.0 Å². The summed E-state index contributed by atoms with van der Waals surface area (Å²) in [5, 5.41) is 11.9. The smallest absolute Gasteiger partial charge is 0.408 e. The van der Waals surface area contributed by atoms with Gasteiger partial charge in [-0.3, -0.25) is 5.32 Å². The van der Waals surface area contributed by atoms with Crippen molar-refractivity contribution in [1.82, 2.24) is 5.32 Å². The largest absolute Gasteiger partial charge is 0.465 e. The van der Waals surface area contributed by atoms with Gasteiger partial charge in [-0.2, -0.15) is 8.42 Å². The molecule has 1 atom stereocenters. The summed E-state index contributed by atoms with van der Waals surface area (Å²) < 4.78 is 30.2. The average Bonchev–Trinajstić information content (AvgIpc) is 2.88.